The zero-order valence-electron chi connectivity index (χ0n) is 9.79. The number of carbonyl (C=O) groups excluding carboxylic acids is 1. The van der Waals surface area contributed by atoms with Crippen molar-refractivity contribution in [2.24, 2.45) is 0 Å². The smallest absolute Gasteiger partial charge is 0.167 e. The van der Waals surface area contributed by atoms with E-state index in [9.17, 15) is 9.18 Å². The van der Waals surface area contributed by atoms with Crippen molar-refractivity contribution in [3.05, 3.63) is 62.8 Å². The fraction of sp³-hybridized carbons (Fsp3) is 0.0714. The van der Waals surface area contributed by atoms with Crippen LogP contribution >= 0.6 is 27.5 Å². The number of benzene rings is 2. The zero-order valence-corrected chi connectivity index (χ0v) is 12.1. The van der Waals surface area contributed by atoms with Gasteiger partial charge in [-0.25, -0.2) is 4.39 Å². The molecule has 0 spiro atoms. The first-order valence-electron chi connectivity index (χ1n) is 5.49. The van der Waals surface area contributed by atoms with Gasteiger partial charge in [0.15, 0.2) is 5.78 Å². The van der Waals surface area contributed by atoms with Gasteiger partial charge in [0.25, 0.3) is 0 Å². The molecule has 0 aliphatic carbocycles. The fourth-order valence-electron chi connectivity index (χ4n) is 1.73. The van der Waals surface area contributed by atoms with Crippen molar-refractivity contribution >= 4 is 39.0 Å². The number of nitrogens with two attached hydrogens (primary N) is 1. The Morgan fingerprint density at radius 3 is 2.74 bits per heavy atom. The molecule has 5 heteroatoms. The molecule has 2 rings (SSSR count). The summed E-state index contributed by atoms with van der Waals surface area (Å²) in [5.74, 6) is -0.559. The van der Waals surface area contributed by atoms with Crippen molar-refractivity contribution in [1.29, 1.82) is 0 Å². The summed E-state index contributed by atoms with van der Waals surface area (Å²) in [5, 5.41) is 0.404. The summed E-state index contributed by atoms with van der Waals surface area (Å²) in [6.45, 7) is 0. The summed E-state index contributed by atoms with van der Waals surface area (Å²) in [7, 11) is 0. The van der Waals surface area contributed by atoms with Crippen LogP contribution in [0.5, 0.6) is 0 Å². The van der Waals surface area contributed by atoms with Gasteiger partial charge in [0.2, 0.25) is 0 Å². The van der Waals surface area contributed by atoms with Gasteiger partial charge in [-0.15, -0.1) is 0 Å². The molecule has 0 amide bonds. The number of ketones is 1. The van der Waals surface area contributed by atoms with Crippen molar-refractivity contribution < 1.29 is 9.18 Å². The molecule has 2 aromatic rings. The molecule has 0 unspecified atom stereocenters. The van der Waals surface area contributed by atoms with Crippen LogP contribution in [-0.2, 0) is 6.42 Å². The van der Waals surface area contributed by atoms with Crippen molar-refractivity contribution in [2.45, 2.75) is 6.42 Å². The number of hydrogen-bond acceptors (Lipinski definition) is 2. The van der Waals surface area contributed by atoms with Gasteiger partial charge < -0.3 is 5.73 Å². The predicted molar refractivity (Wildman–Crippen MR) is 78.0 cm³/mol. The van der Waals surface area contributed by atoms with Crippen LogP contribution in [0.4, 0.5) is 10.1 Å². The topological polar surface area (TPSA) is 43.1 Å². The minimum atomic E-state index is -0.393. The summed E-state index contributed by atoms with van der Waals surface area (Å²) in [4.78, 5) is 12.1. The van der Waals surface area contributed by atoms with Crippen LogP contribution in [0.2, 0.25) is 5.02 Å². The highest BCUT2D eigenvalue weighted by molar-refractivity contribution is 9.10. The van der Waals surface area contributed by atoms with Crippen LogP contribution in [0.15, 0.2) is 40.9 Å². The number of Topliss-reactive ketones (excluding diaryl/α,β-unsaturated/α-hetero) is 1. The Hall–Kier alpha value is -1.39. The number of rotatable bonds is 3. The minimum absolute atomic E-state index is 0.0815. The first kappa shape index (κ1) is 14.0. The van der Waals surface area contributed by atoms with Gasteiger partial charge in [-0.05, 0) is 45.8 Å². The average Bonchev–Trinajstić information content (AvgIpc) is 2.33. The second-order valence-corrected chi connectivity index (χ2v) is 5.32. The number of carbonyl (C=O) groups is 1. The monoisotopic (exact) mass is 341 g/mol. The molecule has 0 radical (unpaired) electrons. The molecule has 0 heterocycles. The number of hydrogen-bond donors (Lipinski definition) is 1. The van der Waals surface area contributed by atoms with Gasteiger partial charge >= 0.3 is 0 Å². The molecular weight excluding hydrogens is 333 g/mol. The summed E-state index contributed by atoms with van der Waals surface area (Å²) < 4.78 is 13.7. The van der Waals surface area contributed by atoms with E-state index in [0.29, 0.717) is 26.3 Å². The highest BCUT2D eigenvalue weighted by Gasteiger charge is 2.12. The first-order chi connectivity index (χ1) is 8.97. The van der Waals surface area contributed by atoms with Gasteiger partial charge in [-0.1, -0.05) is 23.7 Å². The summed E-state index contributed by atoms with van der Waals surface area (Å²) in [6.07, 6.45) is 0.0815. The molecule has 98 valence electrons. The Balaban J connectivity index is 2.28. The summed E-state index contributed by atoms with van der Waals surface area (Å²) >= 11 is 8.98. The predicted octanol–water partition coefficient (Wildman–Crippen LogP) is 4.25. The van der Waals surface area contributed by atoms with Crippen molar-refractivity contribution in [3.63, 3.8) is 0 Å². The average molecular weight is 343 g/mol. The quantitative estimate of drug-likeness (QED) is 0.669. The van der Waals surface area contributed by atoms with E-state index >= 15 is 0 Å². The molecule has 0 fully saturated rings. The lowest BCUT2D eigenvalue weighted by Crippen LogP contribution is -2.05. The molecule has 19 heavy (non-hydrogen) atoms. The third kappa shape index (κ3) is 3.33. The van der Waals surface area contributed by atoms with Crippen LogP contribution in [0.25, 0.3) is 0 Å². The van der Waals surface area contributed by atoms with E-state index < -0.39 is 5.82 Å². The maximum absolute atomic E-state index is 13.4. The van der Waals surface area contributed by atoms with Crippen LogP contribution in [-0.4, -0.2) is 5.78 Å². The Morgan fingerprint density at radius 1 is 1.32 bits per heavy atom. The molecule has 0 aliphatic rings. The lowest BCUT2D eigenvalue weighted by atomic mass is 10.0. The fourth-order valence-corrected chi connectivity index (χ4v) is 2.38. The lowest BCUT2D eigenvalue weighted by molar-refractivity contribution is 0.0993. The lowest BCUT2D eigenvalue weighted by Gasteiger charge is -2.06. The van der Waals surface area contributed by atoms with Gasteiger partial charge in [-0.2, -0.15) is 0 Å². The molecule has 0 saturated carbocycles. The van der Waals surface area contributed by atoms with E-state index in [-0.39, 0.29) is 12.2 Å². The molecule has 0 saturated heterocycles. The zero-order chi connectivity index (χ0) is 14.0. The van der Waals surface area contributed by atoms with Gasteiger partial charge in [0, 0.05) is 22.7 Å². The van der Waals surface area contributed by atoms with E-state index in [1.165, 1.54) is 6.07 Å². The molecule has 2 aromatic carbocycles. The van der Waals surface area contributed by atoms with Crippen LogP contribution in [0.3, 0.4) is 0 Å². The van der Waals surface area contributed by atoms with Crippen LogP contribution in [0, 0.1) is 5.82 Å². The van der Waals surface area contributed by atoms with Gasteiger partial charge in [0.1, 0.15) is 5.82 Å². The number of anilines is 1. The minimum Gasteiger partial charge on any atom is -0.399 e. The molecule has 0 aliphatic heterocycles. The second-order valence-electron chi connectivity index (χ2n) is 4.09. The summed E-state index contributed by atoms with van der Waals surface area (Å²) in [5.41, 5.74) is 7.07. The molecular formula is C14H10BrClFNO. The molecule has 0 atom stereocenters. The summed E-state index contributed by atoms with van der Waals surface area (Å²) in [6, 6.07) is 9.26. The van der Waals surface area contributed by atoms with Crippen LogP contribution < -0.4 is 5.73 Å². The Kier molecular flexibility index (Phi) is 4.22. The largest absolute Gasteiger partial charge is 0.399 e. The maximum atomic E-state index is 13.4. The molecule has 0 aromatic heterocycles. The van der Waals surface area contributed by atoms with Crippen molar-refractivity contribution in [1.82, 2.24) is 0 Å². The van der Waals surface area contributed by atoms with Gasteiger partial charge in [0.05, 0.1) is 4.47 Å². The highest BCUT2D eigenvalue weighted by atomic mass is 79.9. The van der Waals surface area contributed by atoms with E-state index in [1.54, 1.807) is 30.3 Å². The second kappa shape index (κ2) is 5.72. The SMILES string of the molecule is Nc1cc(Cl)cc(C(=O)Cc2cccc(F)c2Br)c1. The Labute approximate surface area is 123 Å². The van der Waals surface area contributed by atoms with Gasteiger partial charge in [-0.3, -0.25) is 4.79 Å². The Bertz CT molecular complexity index is 625. The highest BCUT2D eigenvalue weighted by Crippen LogP contribution is 2.23. The standard InChI is InChI=1S/C14H10BrClFNO/c15-14-8(2-1-3-12(14)17)6-13(19)9-4-10(16)7-11(18)5-9/h1-5,7H,6,18H2. The van der Waals surface area contributed by atoms with Crippen LogP contribution in [0.1, 0.15) is 15.9 Å². The molecule has 2 nitrogen and oxygen atoms in total. The van der Waals surface area contributed by atoms with E-state index in [2.05, 4.69) is 15.9 Å². The first-order valence-corrected chi connectivity index (χ1v) is 6.66. The van der Waals surface area contributed by atoms with Crippen molar-refractivity contribution in [3.8, 4) is 0 Å². The normalized spacial score (nSPS) is 10.5. The third-order valence-electron chi connectivity index (χ3n) is 2.62. The van der Waals surface area contributed by atoms with E-state index in [4.69, 9.17) is 17.3 Å². The maximum Gasteiger partial charge on any atom is 0.167 e. The molecule has 2 N–H and O–H groups in total. The van der Waals surface area contributed by atoms with E-state index in [0.717, 1.165) is 0 Å². The number of halogens is 3. The number of nitrogen functional groups attached to an aromatic ring is 1. The third-order valence-corrected chi connectivity index (χ3v) is 3.73. The van der Waals surface area contributed by atoms with E-state index in [1.807, 2.05) is 0 Å². The molecule has 0 bridgehead atoms. The Morgan fingerprint density at radius 2 is 2.05 bits per heavy atom. The van der Waals surface area contributed by atoms with Crippen molar-refractivity contribution in [2.75, 3.05) is 5.73 Å².